The summed E-state index contributed by atoms with van der Waals surface area (Å²) < 4.78 is 5.59. The molecule has 3 heteroatoms. The molecule has 0 saturated carbocycles. The predicted octanol–water partition coefficient (Wildman–Crippen LogP) is 3.84. The topological polar surface area (TPSA) is 28.4 Å². The Bertz CT molecular complexity index is 378. The number of hydrogen-bond acceptors (Lipinski definition) is 3. The molecule has 0 aliphatic carbocycles. The van der Waals surface area contributed by atoms with E-state index in [4.69, 9.17) is 4.42 Å². The van der Waals surface area contributed by atoms with Crippen molar-refractivity contribution in [3.05, 3.63) is 24.2 Å². The van der Waals surface area contributed by atoms with Crippen molar-refractivity contribution in [1.29, 1.82) is 0 Å². The lowest BCUT2D eigenvalue weighted by Gasteiger charge is -2.44. The highest BCUT2D eigenvalue weighted by atomic mass is 16.3. The maximum Gasteiger partial charge on any atom is 0.105 e. The van der Waals surface area contributed by atoms with Crippen LogP contribution in [-0.4, -0.2) is 36.1 Å². The molecule has 3 nitrogen and oxygen atoms in total. The molecule has 2 heterocycles. The Labute approximate surface area is 130 Å². The van der Waals surface area contributed by atoms with E-state index in [-0.39, 0.29) is 5.54 Å². The second kappa shape index (κ2) is 8.00. The first-order chi connectivity index (χ1) is 10.1. The molecule has 1 fully saturated rings. The second-order valence-electron chi connectivity index (χ2n) is 6.85. The fourth-order valence-corrected chi connectivity index (χ4v) is 3.39. The van der Waals surface area contributed by atoms with Gasteiger partial charge in [0, 0.05) is 18.0 Å². The van der Waals surface area contributed by atoms with Gasteiger partial charge in [0.05, 0.1) is 6.26 Å². The summed E-state index contributed by atoms with van der Waals surface area (Å²) in [5.74, 6) is 1.09. The van der Waals surface area contributed by atoms with Gasteiger partial charge in [0.15, 0.2) is 0 Å². The highest BCUT2D eigenvalue weighted by Gasteiger charge is 2.35. The van der Waals surface area contributed by atoms with Gasteiger partial charge in [-0.05, 0) is 64.9 Å². The molecule has 0 radical (unpaired) electrons. The Morgan fingerprint density at radius 2 is 1.95 bits per heavy atom. The average Bonchev–Trinajstić information content (AvgIpc) is 2.82. The molecule has 1 aromatic rings. The van der Waals surface area contributed by atoms with Gasteiger partial charge in [-0.2, -0.15) is 0 Å². The quantitative estimate of drug-likeness (QED) is 0.827. The standard InChI is InChI=1S/C18H32N2O/c1-4-11-19-17(15-16-10-9-14-21-16)18(2,3)20-12-7-5-6-8-13-20/h9-10,14,17,19H,4-8,11-13,15H2,1-3H3. The molecule has 1 N–H and O–H groups in total. The number of nitrogens with one attached hydrogen (secondary N) is 1. The average molecular weight is 292 g/mol. The molecule has 1 aromatic heterocycles. The van der Waals surface area contributed by atoms with Crippen LogP contribution in [0.3, 0.4) is 0 Å². The number of likely N-dealkylation sites (tertiary alicyclic amines) is 1. The van der Waals surface area contributed by atoms with Crippen molar-refractivity contribution in [1.82, 2.24) is 10.2 Å². The Hall–Kier alpha value is -0.800. The van der Waals surface area contributed by atoms with Gasteiger partial charge >= 0.3 is 0 Å². The molecule has 120 valence electrons. The molecule has 0 amide bonds. The van der Waals surface area contributed by atoms with Gasteiger partial charge < -0.3 is 9.73 Å². The number of rotatable bonds is 7. The van der Waals surface area contributed by atoms with Gasteiger partial charge in [-0.15, -0.1) is 0 Å². The van der Waals surface area contributed by atoms with Crippen molar-refractivity contribution in [3.8, 4) is 0 Å². The van der Waals surface area contributed by atoms with Crippen LogP contribution in [0.2, 0.25) is 0 Å². The first kappa shape index (κ1) is 16.6. The summed E-state index contributed by atoms with van der Waals surface area (Å²) in [4.78, 5) is 2.69. The van der Waals surface area contributed by atoms with E-state index in [0.717, 1.165) is 18.7 Å². The largest absolute Gasteiger partial charge is 0.469 e. The molecule has 1 atom stereocenters. The van der Waals surface area contributed by atoms with E-state index in [1.807, 2.05) is 6.07 Å². The lowest BCUT2D eigenvalue weighted by molar-refractivity contribution is 0.0813. The molecular weight excluding hydrogens is 260 g/mol. The maximum absolute atomic E-state index is 5.59. The minimum absolute atomic E-state index is 0.159. The Kier molecular flexibility index (Phi) is 6.31. The monoisotopic (exact) mass is 292 g/mol. The van der Waals surface area contributed by atoms with Crippen molar-refractivity contribution in [2.24, 2.45) is 0 Å². The third kappa shape index (κ3) is 4.58. The molecule has 0 aromatic carbocycles. The van der Waals surface area contributed by atoms with E-state index >= 15 is 0 Å². The van der Waals surface area contributed by atoms with Gasteiger partial charge in [-0.3, -0.25) is 4.90 Å². The summed E-state index contributed by atoms with van der Waals surface area (Å²) in [7, 11) is 0. The number of nitrogens with zero attached hydrogens (tertiary/aromatic N) is 1. The van der Waals surface area contributed by atoms with Crippen LogP contribution in [0.5, 0.6) is 0 Å². The van der Waals surface area contributed by atoms with Crippen LogP contribution in [-0.2, 0) is 6.42 Å². The summed E-state index contributed by atoms with van der Waals surface area (Å²) in [6.45, 7) is 10.6. The first-order valence-corrected chi connectivity index (χ1v) is 8.65. The van der Waals surface area contributed by atoms with Crippen molar-refractivity contribution in [2.75, 3.05) is 19.6 Å². The smallest absolute Gasteiger partial charge is 0.105 e. The summed E-state index contributed by atoms with van der Waals surface area (Å²) in [6.07, 6.45) is 9.37. The zero-order chi connectivity index (χ0) is 15.1. The van der Waals surface area contributed by atoms with Crippen LogP contribution in [0.1, 0.15) is 58.6 Å². The molecule has 0 bridgehead atoms. The van der Waals surface area contributed by atoms with Crippen LogP contribution < -0.4 is 5.32 Å². The van der Waals surface area contributed by atoms with Crippen LogP contribution in [0.4, 0.5) is 0 Å². The van der Waals surface area contributed by atoms with Crippen molar-refractivity contribution < 1.29 is 4.42 Å². The van der Waals surface area contributed by atoms with Crippen LogP contribution in [0.15, 0.2) is 22.8 Å². The maximum atomic E-state index is 5.59. The minimum atomic E-state index is 0.159. The summed E-state index contributed by atoms with van der Waals surface area (Å²) in [5.41, 5.74) is 0.159. The van der Waals surface area contributed by atoms with Gasteiger partial charge in [0.1, 0.15) is 5.76 Å². The Balaban J connectivity index is 2.07. The molecule has 0 spiro atoms. The second-order valence-corrected chi connectivity index (χ2v) is 6.85. The fourth-order valence-electron chi connectivity index (χ4n) is 3.39. The van der Waals surface area contributed by atoms with Gasteiger partial charge in [-0.25, -0.2) is 0 Å². The van der Waals surface area contributed by atoms with E-state index < -0.39 is 0 Å². The van der Waals surface area contributed by atoms with E-state index in [9.17, 15) is 0 Å². The van der Waals surface area contributed by atoms with Gasteiger partial charge in [0.2, 0.25) is 0 Å². The van der Waals surface area contributed by atoms with Gasteiger partial charge in [0.25, 0.3) is 0 Å². The van der Waals surface area contributed by atoms with E-state index in [1.54, 1.807) is 6.26 Å². The predicted molar refractivity (Wildman–Crippen MR) is 88.6 cm³/mol. The van der Waals surface area contributed by atoms with Crippen LogP contribution in [0, 0.1) is 0 Å². The Morgan fingerprint density at radius 1 is 1.24 bits per heavy atom. The lowest BCUT2D eigenvalue weighted by Crippen LogP contribution is -2.59. The SMILES string of the molecule is CCCNC(Cc1ccco1)C(C)(C)N1CCCCCC1. The van der Waals surface area contributed by atoms with E-state index in [1.165, 1.54) is 45.2 Å². The summed E-state index contributed by atoms with van der Waals surface area (Å²) in [6, 6.07) is 4.52. The van der Waals surface area contributed by atoms with E-state index in [0.29, 0.717) is 6.04 Å². The summed E-state index contributed by atoms with van der Waals surface area (Å²) in [5, 5.41) is 3.76. The van der Waals surface area contributed by atoms with Crippen LogP contribution in [0.25, 0.3) is 0 Å². The van der Waals surface area contributed by atoms with E-state index in [2.05, 4.69) is 37.1 Å². The summed E-state index contributed by atoms with van der Waals surface area (Å²) >= 11 is 0. The fraction of sp³-hybridized carbons (Fsp3) is 0.778. The zero-order valence-corrected chi connectivity index (χ0v) is 14.0. The molecule has 21 heavy (non-hydrogen) atoms. The van der Waals surface area contributed by atoms with Crippen molar-refractivity contribution >= 4 is 0 Å². The lowest BCUT2D eigenvalue weighted by atomic mass is 9.88. The molecule has 2 rings (SSSR count). The number of furan rings is 1. The highest BCUT2D eigenvalue weighted by molar-refractivity contribution is 5.05. The van der Waals surface area contributed by atoms with Crippen molar-refractivity contribution in [2.45, 2.75) is 70.9 Å². The van der Waals surface area contributed by atoms with Crippen molar-refractivity contribution in [3.63, 3.8) is 0 Å². The van der Waals surface area contributed by atoms with Crippen LogP contribution >= 0.6 is 0 Å². The third-order valence-electron chi connectivity index (χ3n) is 4.90. The minimum Gasteiger partial charge on any atom is -0.469 e. The molecule has 1 aliphatic heterocycles. The molecule has 1 saturated heterocycles. The molecule has 1 aliphatic rings. The number of hydrogen-bond donors (Lipinski definition) is 1. The Morgan fingerprint density at radius 3 is 2.52 bits per heavy atom. The zero-order valence-electron chi connectivity index (χ0n) is 14.0. The molecule has 1 unspecified atom stereocenters. The normalized spacial score (nSPS) is 19.4. The molecular formula is C18H32N2O. The van der Waals surface area contributed by atoms with Gasteiger partial charge in [-0.1, -0.05) is 19.8 Å². The first-order valence-electron chi connectivity index (χ1n) is 8.65. The highest BCUT2D eigenvalue weighted by Crippen LogP contribution is 2.25. The third-order valence-corrected chi connectivity index (χ3v) is 4.90.